The molecule has 0 atom stereocenters. The second kappa shape index (κ2) is 3.87. The van der Waals surface area contributed by atoms with Crippen LogP contribution in [0, 0.1) is 13.8 Å². The van der Waals surface area contributed by atoms with Gasteiger partial charge in [0.2, 0.25) is 0 Å². The third-order valence-corrected chi connectivity index (χ3v) is 2.51. The van der Waals surface area contributed by atoms with Gasteiger partial charge in [0.25, 0.3) is 0 Å². The van der Waals surface area contributed by atoms with Gasteiger partial charge in [-0.2, -0.15) is 0 Å². The average Bonchev–Trinajstić information content (AvgIpc) is 2.59. The minimum atomic E-state index is 0.571. The lowest BCUT2D eigenvalue weighted by Gasteiger charge is -2.01. The molecule has 0 radical (unpaired) electrons. The molecule has 2 aromatic rings. The summed E-state index contributed by atoms with van der Waals surface area (Å²) in [5.74, 6) is 0.855. The van der Waals surface area contributed by atoms with Crippen LogP contribution >= 0.6 is 0 Å². The summed E-state index contributed by atoms with van der Waals surface area (Å²) in [4.78, 5) is 0. The summed E-state index contributed by atoms with van der Waals surface area (Å²) in [5.41, 5.74) is 9.81. The molecule has 1 heterocycles. The Morgan fingerprint density at radius 1 is 1.20 bits per heavy atom. The Kier molecular flexibility index (Phi) is 2.56. The van der Waals surface area contributed by atoms with Crippen LogP contribution in [0.3, 0.4) is 0 Å². The molecule has 0 aliphatic carbocycles. The molecule has 3 heteroatoms. The molecule has 1 aromatic heterocycles. The molecular formula is C12H14N2O. The minimum absolute atomic E-state index is 0.571. The van der Waals surface area contributed by atoms with Crippen LogP contribution < -0.4 is 5.73 Å². The van der Waals surface area contributed by atoms with Crippen molar-refractivity contribution in [3.63, 3.8) is 0 Å². The number of nitrogens with two attached hydrogens (primary N) is 1. The normalized spacial score (nSPS) is 10.6. The molecule has 0 fully saturated rings. The quantitative estimate of drug-likeness (QED) is 0.813. The molecular weight excluding hydrogens is 188 g/mol. The second-order valence-corrected chi connectivity index (χ2v) is 3.60. The van der Waals surface area contributed by atoms with Crippen LogP contribution in [0.4, 0.5) is 0 Å². The number of aromatic nitrogens is 1. The van der Waals surface area contributed by atoms with Crippen molar-refractivity contribution in [3.05, 3.63) is 41.3 Å². The standard InChI is InChI=1S/C12H14N2O/c1-8-12(9(2)15-14-8)11-5-3-10(7-13)4-6-11/h3-6H,7,13H2,1-2H3. The molecule has 78 valence electrons. The highest BCUT2D eigenvalue weighted by molar-refractivity contribution is 5.67. The molecule has 0 amide bonds. The van der Waals surface area contributed by atoms with Gasteiger partial charge in [-0.1, -0.05) is 29.4 Å². The van der Waals surface area contributed by atoms with Gasteiger partial charge in [-0.25, -0.2) is 0 Å². The number of benzene rings is 1. The largest absolute Gasteiger partial charge is 0.361 e. The van der Waals surface area contributed by atoms with Crippen LogP contribution in [0.2, 0.25) is 0 Å². The van der Waals surface area contributed by atoms with E-state index < -0.39 is 0 Å². The zero-order chi connectivity index (χ0) is 10.8. The van der Waals surface area contributed by atoms with E-state index >= 15 is 0 Å². The fraction of sp³-hybridized carbons (Fsp3) is 0.250. The number of hydrogen-bond donors (Lipinski definition) is 1. The van der Waals surface area contributed by atoms with Gasteiger partial charge in [0.15, 0.2) is 0 Å². The van der Waals surface area contributed by atoms with Crippen LogP contribution in [0.1, 0.15) is 17.0 Å². The third kappa shape index (κ3) is 1.78. The van der Waals surface area contributed by atoms with Crippen molar-refractivity contribution in [2.75, 3.05) is 0 Å². The number of aryl methyl sites for hydroxylation is 2. The zero-order valence-electron chi connectivity index (χ0n) is 8.95. The predicted octanol–water partition coefficient (Wildman–Crippen LogP) is 2.42. The number of hydrogen-bond acceptors (Lipinski definition) is 3. The maximum Gasteiger partial charge on any atom is 0.141 e. The summed E-state index contributed by atoms with van der Waals surface area (Å²) < 4.78 is 5.13. The highest BCUT2D eigenvalue weighted by Crippen LogP contribution is 2.26. The summed E-state index contributed by atoms with van der Waals surface area (Å²) in [7, 11) is 0. The fourth-order valence-corrected chi connectivity index (χ4v) is 1.70. The Balaban J connectivity index is 2.45. The van der Waals surface area contributed by atoms with Crippen LogP contribution in [0.5, 0.6) is 0 Å². The number of rotatable bonds is 2. The van der Waals surface area contributed by atoms with Gasteiger partial charge in [0.05, 0.1) is 5.69 Å². The zero-order valence-corrected chi connectivity index (χ0v) is 8.95. The third-order valence-electron chi connectivity index (χ3n) is 2.51. The van der Waals surface area contributed by atoms with Gasteiger partial charge in [0.1, 0.15) is 5.76 Å². The Morgan fingerprint density at radius 3 is 2.33 bits per heavy atom. The lowest BCUT2D eigenvalue weighted by Crippen LogP contribution is -1.95. The lowest BCUT2D eigenvalue weighted by atomic mass is 10.0. The van der Waals surface area contributed by atoms with Crippen molar-refractivity contribution >= 4 is 0 Å². The van der Waals surface area contributed by atoms with E-state index in [0.717, 1.165) is 28.1 Å². The van der Waals surface area contributed by atoms with Gasteiger partial charge in [-0.05, 0) is 25.0 Å². The van der Waals surface area contributed by atoms with E-state index in [4.69, 9.17) is 10.3 Å². The molecule has 0 aliphatic heterocycles. The summed E-state index contributed by atoms with van der Waals surface area (Å²) in [5, 5.41) is 3.94. The van der Waals surface area contributed by atoms with Gasteiger partial charge in [-0.15, -0.1) is 0 Å². The Morgan fingerprint density at radius 2 is 1.87 bits per heavy atom. The van der Waals surface area contributed by atoms with Gasteiger partial charge < -0.3 is 10.3 Å². The molecule has 15 heavy (non-hydrogen) atoms. The first-order valence-corrected chi connectivity index (χ1v) is 4.94. The van der Waals surface area contributed by atoms with E-state index in [1.54, 1.807) is 0 Å². The van der Waals surface area contributed by atoms with E-state index in [0.29, 0.717) is 6.54 Å². The molecule has 2 N–H and O–H groups in total. The predicted molar refractivity (Wildman–Crippen MR) is 59.3 cm³/mol. The van der Waals surface area contributed by atoms with E-state index in [1.165, 1.54) is 0 Å². The Bertz CT molecular complexity index is 437. The average molecular weight is 202 g/mol. The maximum atomic E-state index is 5.55. The van der Waals surface area contributed by atoms with E-state index in [2.05, 4.69) is 17.3 Å². The molecule has 0 bridgehead atoms. The van der Waals surface area contributed by atoms with Crippen molar-refractivity contribution in [2.45, 2.75) is 20.4 Å². The Hall–Kier alpha value is -1.61. The van der Waals surface area contributed by atoms with Crippen LogP contribution in [-0.2, 0) is 6.54 Å². The first kappa shape index (κ1) is 9.93. The molecule has 3 nitrogen and oxygen atoms in total. The van der Waals surface area contributed by atoms with Gasteiger partial charge in [0, 0.05) is 12.1 Å². The van der Waals surface area contributed by atoms with Crippen molar-refractivity contribution in [1.82, 2.24) is 5.16 Å². The topological polar surface area (TPSA) is 52.0 Å². The molecule has 1 aromatic carbocycles. The SMILES string of the molecule is Cc1noc(C)c1-c1ccc(CN)cc1. The van der Waals surface area contributed by atoms with E-state index in [1.807, 2.05) is 26.0 Å². The lowest BCUT2D eigenvalue weighted by molar-refractivity contribution is 0.393. The van der Waals surface area contributed by atoms with Crippen LogP contribution in [0.25, 0.3) is 11.1 Å². The number of nitrogens with zero attached hydrogens (tertiary/aromatic N) is 1. The molecule has 2 rings (SSSR count). The maximum absolute atomic E-state index is 5.55. The highest BCUT2D eigenvalue weighted by atomic mass is 16.5. The molecule has 0 unspecified atom stereocenters. The Labute approximate surface area is 88.9 Å². The smallest absolute Gasteiger partial charge is 0.141 e. The fourth-order valence-electron chi connectivity index (χ4n) is 1.70. The summed E-state index contributed by atoms with van der Waals surface area (Å²) in [6.07, 6.45) is 0. The van der Waals surface area contributed by atoms with Gasteiger partial charge in [-0.3, -0.25) is 0 Å². The molecule has 0 spiro atoms. The van der Waals surface area contributed by atoms with Crippen molar-refractivity contribution in [2.24, 2.45) is 5.73 Å². The molecule has 0 saturated heterocycles. The monoisotopic (exact) mass is 202 g/mol. The van der Waals surface area contributed by atoms with Crippen molar-refractivity contribution in [3.8, 4) is 11.1 Å². The summed E-state index contributed by atoms with van der Waals surface area (Å²) in [6.45, 7) is 4.44. The van der Waals surface area contributed by atoms with Crippen LogP contribution in [-0.4, -0.2) is 5.16 Å². The highest BCUT2D eigenvalue weighted by Gasteiger charge is 2.10. The van der Waals surface area contributed by atoms with E-state index in [9.17, 15) is 0 Å². The first-order valence-electron chi connectivity index (χ1n) is 4.94. The van der Waals surface area contributed by atoms with Crippen molar-refractivity contribution < 1.29 is 4.52 Å². The van der Waals surface area contributed by atoms with Crippen LogP contribution in [0.15, 0.2) is 28.8 Å². The minimum Gasteiger partial charge on any atom is -0.361 e. The van der Waals surface area contributed by atoms with Gasteiger partial charge >= 0.3 is 0 Å². The summed E-state index contributed by atoms with van der Waals surface area (Å²) in [6, 6.07) is 8.16. The molecule has 0 aliphatic rings. The second-order valence-electron chi connectivity index (χ2n) is 3.60. The summed E-state index contributed by atoms with van der Waals surface area (Å²) >= 11 is 0. The first-order chi connectivity index (χ1) is 7.22. The van der Waals surface area contributed by atoms with Crippen molar-refractivity contribution in [1.29, 1.82) is 0 Å². The molecule has 0 saturated carbocycles. The van der Waals surface area contributed by atoms with E-state index in [-0.39, 0.29) is 0 Å².